The van der Waals surface area contributed by atoms with Crippen molar-refractivity contribution >= 4 is 0 Å². The molecule has 0 amide bonds. The minimum Gasteiger partial charge on any atom is -0.393 e. The van der Waals surface area contributed by atoms with Gasteiger partial charge in [0.15, 0.2) is 0 Å². The molecule has 0 aromatic heterocycles. The molecule has 2 bridgehead atoms. The number of rotatable bonds is 0. The first-order chi connectivity index (χ1) is 6.27. The second-order valence-electron chi connectivity index (χ2n) is 6.08. The van der Waals surface area contributed by atoms with Gasteiger partial charge in [-0.3, -0.25) is 0 Å². The van der Waals surface area contributed by atoms with E-state index in [9.17, 15) is 5.11 Å². The van der Waals surface area contributed by atoms with E-state index in [1.807, 2.05) is 0 Å². The first-order valence-electron chi connectivity index (χ1n) is 5.95. The number of aliphatic hydroxyl groups is 1. The molecule has 1 nitrogen and oxygen atoms in total. The van der Waals surface area contributed by atoms with Crippen LogP contribution in [0, 0.1) is 41.4 Å². The molecule has 8 unspecified atom stereocenters. The van der Waals surface area contributed by atoms with Gasteiger partial charge in [-0.25, -0.2) is 0 Å². The van der Waals surface area contributed by atoms with E-state index in [0.29, 0.717) is 0 Å². The fraction of sp³-hybridized carbons (Fsp3) is 1.00. The van der Waals surface area contributed by atoms with Gasteiger partial charge in [0.05, 0.1) is 6.10 Å². The summed E-state index contributed by atoms with van der Waals surface area (Å²) in [7, 11) is 0. The van der Waals surface area contributed by atoms with Crippen molar-refractivity contribution in [1.82, 2.24) is 0 Å². The maximum absolute atomic E-state index is 10.1. The van der Waals surface area contributed by atoms with E-state index >= 15 is 0 Å². The highest BCUT2D eigenvalue weighted by atomic mass is 16.3. The molecule has 0 heterocycles. The lowest BCUT2D eigenvalue weighted by molar-refractivity contribution is 0.0426. The normalized spacial score (nSPS) is 72.5. The molecule has 0 saturated heterocycles. The summed E-state index contributed by atoms with van der Waals surface area (Å²) in [6.07, 6.45) is 4.39. The highest BCUT2D eigenvalue weighted by Gasteiger charge is 2.68. The minimum absolute atomic E-state index is 0.104. The van der Waals surface area contributed by atoms with Crippen molar-refractivity contribution in [2.24, 2.45) is 41.4 Å². The number of hydrogen-bond donors (Lipinski definition) is 1. The Kier molecular flexibility index (Phi) is 1.11. The molecule has 0 radical (unpaired) electrons. The monoisotopic (exact) mass is 178 g/mol. The predicted molar refractivity (Wildman–Crippen MR) is 50.0 cm³/mol. The van der Waals surface area contributed by atoms with E-state index in [1.165, 1.54) is 19.3 Å². The molecule has 4 aliphatic rings. The summed E-state index contributed by atoms with van der Waals surface area (Å²) < 4.78 is 0. The minimum atomic E-state index is 0.104. The number of aliphatic hydroxyl groups excluding tert-OH is 1. The predicted octanol–water partition coefficient (Wildman–Crippen LogP) is 1.91. The zero-order valence-corrected chi connectivity index (χ0v) is 8.19. The molecule has 1 heteroatoms. The third-order valence-corrected chi connectivity index (χ3v) is 5.68. The lowest BCUT2D eigenvalue weighted by atomic mass is 9.73. The molecular formula is C12H18O. The molecule has 0 aromatic rings. The largest absolute Gasteiger partial charge is 0.393 e. The van der Waals surface area contributed by atoms with E-state index in [4.69, 9.17) is 0 Å². The van der Waals surface area contributed by atoms with E-state index < -0.39 is 0 Å². The Balaban J connectivity index is 1.74. The van der Waals surface area contributed by atoms with Crippen LogP contribution < -0.4 is 0 Å². The fourth-order valence-electron chi connectivity index (χ4n) is 5.25. The van der Waals surface area contributed by atoms with Crippen molar-refractivity contribution < 1.29 is 5.11 Å². The molecule has 13 heavy (non-hydrogen) atoms. The SMILES string of the molecule is CC1CC2CC1C1C(O)C3CC3C21. The topological polar surface area (TPSA) is 20.2 Å². The molecule has 0 aliphatic heterocycles. The molecule has 0 spiro atoms. The van der Waals surface area contributed by atoms with Gasteiger partial charge in [-0.2, -0.15) is 0 Å². The van der Waals surface area contributed by atoms with Crippen molar-refractivity contribution in [3.63, 3.8) is 0 Å². The number of hydrogen-bond acceptors (Lipinski definition) is 1. The van der Waals surface area contributed by atoms with Crippen LogP contribution in [0.15, 0.2) is 0 Å². The Hall–Kier alpha value is -0.0400. The van der Waals surface area contributed by atoms with Crippen molar-refractivity contribution in [3.8, 4) is 0 Å². The molecular weight excluding hydrogens is 160 g/mol. The van der Waals surface area contributed by atoms with E-state index in [-0.39, 0.29) is 6.10 Å². The molecule has 72 valence electrons. The lowest BCUT2D eigenvalue weighted by Crippen LogP contribution is -2.32. The van der Waals surface area contributed by atoms with Crippen LogP contribution in [0.2, 0.25) is 0 Å². The molecule has 1 N–H and O–H groups in total. The average molecular weight is 178 g/mol. The zero-order chi connectivity index (χ0) is 8.74. The summed E-state index contributed by atoms with van der Waals surface area (Å²) in [6.45, 7) is 2.40. The van der Waals surface area contributed by atoms with E-state index in [1.54, 1.807) is 0 Å². The Morgan fingerprint density at radius 1 is 0.923 bits per heavy atom. The van der Waals surface area contributed by atoms with Crippen LogP contribution in [0.4, 0.5) is 0 Å². The van der Waals surface area contributed by atoms with Crippen LogP contribution in [0.25, 0.3) is 0 Å². The van der Waals surface area contributed by atoms with Crippen LogP contribution in [0.5, 0.6) is 0 Å². The summed E-state index contributed by atoms with van der Waals surface area (Å²) in [6, 6.07) is 0. The highest BCUT2D eigenvalue weighted by molar-refractivity contribution is 5.16. The van der Waals surface area contributed by atoms with Crippen molar-refractivity contribution in [3.05, 3.63) is 0 Å². The van der Waals surface area contributed by atoms with Crippen LogP contribution in [0.3, 0.4) is 0 Å². The van der Waals surface area contributed by atoms with Crippen LogP contribution in [-0.4, -0.2) is 11.2 Å². The van der Waals surface area contributed by atoms with Crippen LogP contribution >= 0.6 is 0 Å². The van der Waals surface area contributed by atoms with Crippen molar-refractivity contribution in [1.29, 1.82) is 0 Å². The smallest absolute Gasteiger partial charge is 0.0605 e. The summed E-state index contributed by atoms with van der Waals surface area (Å²) >= 11 is 0. The van der Waals surface area contributed by atoms with Crippen LogP contribution in [-0.2, 0) is 0 Å². The van der Waals surface area contributed by atoms with Gasteiger partial charge >= 0.3 is 0 Å². The molecule has 4 rings (SSSR count). The first-order valence-corrected chi connectivity index (χ1v) is 5.95. The molecule has 4 fully saturated rings. The highest BCUT2D eigenvalue weighted by Crippen LogP contribution is 2.71. The maximum atomic E-state index is 10.1. The zero-order valence-electron chi connectivity index (χ0n) is 8.19. The van der Waals surface area contributed by atoms with Gasteiger partial charge in [0.2, 0.25) is 0 Å². The summed E-state index contributed by atoms with van der Waals surface area (Å²) in [5.41, 5.74) is 0. The molecule has 4 saturated carbocycles. The van der Waals surface area contributed by atoms with Gasteiger partial charge in [-0.15, -0.1) is 0 Å². The van der Waals surface area contributed by atoms with Gasteiger partial charge in [-0.1, -0.05) is 6.92 Å². The fourth-order valence-corrected chi connectivity index (χ4v) is 5.25. The maximum Gasteiger partial charge on any atom is 0.0605 e. The quantitative estimate of drug-likeness (QED) is 0.600. The Labute approximate surface area is 79.5 Å². The number of fused-ring (bicyclic) bond motifs is 7. The van der Waals surface area contributed by atoms with E-state index in [0.717, 1.165) is 41.4 Å². The van der Waals surface area contributed by atoms with Gasteiger partial charge in [0.25, 0.3) is 0 Å². The summed E-state index contributed by atoms with van der Waals surface area (Å²) in [5, 5.41) is 10.1. The molecule has 0 aromatic carbocycles. The summed E-state index contributed by atoms with van der Waals surface area (Å²) in [5.74, 6) is 6.22. The van der Waals surface area contributed by atoms with Gasteiger partial charge < -0.3 is 5.11 Å². The van der Waals surface area contributed by atoms with Gasteiger partial charge in [-0.05, 0) is 60.7 Å². The molecule has 4 aliphatic carbocycles. The standard InChI is InChI=1S/C12H18O/c1-5-2-6-3-7(5)11-10(6)8-4-9(8)12(11)13/h5-13H,2-4H2,1H3. The van der Waals surface area contributed by atoms with Crippen molar-refractivity contribution in [2.45, 2.75) is 32.3 Å². The van der Waals surface area contributed by atoms with Gasteiger partial charge in [0.1, 0.15) is 0 Å². The van der Waals surface area contributed by atoms with Crippen molar-refractivity contribution in [2.75, 3.05) is 0 Å². The lowest BCUT2D eigenvalue weighted by Gasteiger charge is -2.33. The third kappa shape index (κ3) is 0.674. The second kappa shape index (κ2) is 1.98. The Bertz CT molecular complexity index is 262. The van der Waals surface area contributed by atoms with E-state index in [2.05, 4.69) is 6.92 Å². The Morgan fingerprint density at radius 2 is 1.77 bits per heavy atom. The molecule has 8 atom stereocenters. The first kappa shape index (κ1) is 7.28. The van der Waals surface area contributed by atoms with Crippen LogP contribution in [0.1, 0.15) is 26.2 Å². The van der Waals surface area contributed by atoms with Gasteiger partial charge in [0, 0.05) is 0 Å². The average Bonchev–Trinajstić information content (AvgIpc) is 2.56. The summed E-state index contributed by atoms with van der Waals surface area (Å²) in [4.78, 5) is 0. The second-order valence-corrected chi connectivity index (χ2v) is 6.08. The third-order valence-electron chi connectivity index (χ3n) is 5.68. The Morgan fingerprint density at radius 3 is 2.62 bits per heavy atom.